The predicted octanol–water partition coefficient (Wildman–Crippen LogP) is 0.876. The van der Waals surface area contributed by atoms with Crippen molar-refractivity contribution < 1.29 is 5.11 Å². The van der Waals surface area contributed by atoms with Gasteiger partial charge >= 0.3 is 0 Å². The first-order valence-electron chi connectivity index (χ1n) is 2.98. The van der Waals surface area contributed by atoms with Crippen molar-refractivity contribution in [2.24, 2.45) is 0 Å². The van der Waals surface area contributed by atoms with Crippen LogP contribution in [0.5, 0.6) is 0 Å². The number of terminal acetylenes is 1. The first kappa shape index (κ1) is 6.98. The zero-order valence-electron chi connectivity index (χ0n) is 5.42. The monoisotopic (exact) mass is 142 g/mol. The Kier molecular flexibility index (Phi) is 1.74. The standard InChI is InChI=1S/C7H10OS/c1-3-7(8)4-6(2)9-5-7/h1,6,8H,4-5H2,2H3. The van der Waals surface area contributed by atoms with E-state index in [0.717, 1.165) is 6.42 Å². The third-order valence-electron chi connectivity index (χ3n) is 1.50. The molecule has 0 aliphatic carbocycles. The largest absolute Gasteiger partial charge is 0.377 e. The van der Waals surface area contributed by atoms with Gasteiger partial charge in [0.25, 0.3) is 0 Å². The van der Waals surface area contributed by atoms with Crippen molar-refractivity contribution in [1.29, 1.82) is 0 Å². The molecule has 0 aromatic rings. The number of hydrogen-bond donors (Lipinski definition) is 1. The number of rotatable bonds is 0. The molecule has 2 atom stereocenters. The van der Waals surface area contributed by atoms with Gasteiger partial charge in [-0.2, -0.15) is 11.8 Å². The molecule has 0 saturated carbocycles. The second-order valence-electron chi connectivity index (χ2n) is 2.50. The van der Waals surface area contributed by atoms with Crippen LogP contribution in [0.25, 0.3) is 0 Å². The van der Waals surface area contributed by atoms with Crippen LogP contribution in [-0.2, 0) is 0 Å². The molecule has 50 valence electrons. The third-order valence-corrected chi connectivity index (χ3v) is 2.88. The SMILES string of the molecule is C#CC1(O)CSC(C)C1. The maximum Gasteiger partial charge on any atom is 0.135 e. The van der Waals surface area contributed by atoms with Crippen LogP contribution in [0.1, 0.15) is 13.3 Å². The minimum atomic E-state index is -0.802. The summed E-state index contributed by atoms with van der Waals surface area (Å²) in [5.41, 5.74) is -0.802. The zero-order chi connectivity index (χ0) is 6.91. The Morgan fingerprint density at radius 3 is 2.78 bits per heavy atom. The minimum Gasteiger partial charge on any atom is -0.377 e. The van der Waals surface area contributed by atoms with Crippen molar-refractivity contribution >= 4 is 11.8 Å². The average Bonchev–Trinajstić information content (AvgIpc) is 2.13. The average molecular weight is 142 g/mol. The summed E-state index contributed by atoms with van der Waals surface area (Å²) in [5, 5.41) is 9.93. The van der Waals surface area contributed by atoms with Gasteiger partial charge in [0.2, 0.25) is 0 Å². The highest BCUT2D eigenvalue weighted by Crippen LogP contribution is 2.33. The minimum absolute atomic E-state index is 0.519. The Morgan fingerprint density at radius 1 is 1.89 bits per heavy atom. The summed E-state index contributed by atoms with van der Waals surface area (Å²) in [5.74, 6) is 3.10. The molecular formula is C7H10OS. The summed E-state index contributed by atoms with van der Waals surface area (Å²) >= 11 is 1.74. The Balaban J connectivity index is 2.58. The van der Waals surface area contributed by atoms with Crippen LogP contribution in [0.15, 0.2) is 0 Å². The summed E-state index contributed by atoms with van der Waals surface area (Å²) < 4.78 is 0. The lowest BCUT2D eigenvalue weighted by Gasteiger charge is -2.11. The summed E-state index contributed by atoms with van der Waals surface area (Å²) in [6, 6.07) is 0. The maximum atomic E-state index is 9.41. The molecule has 1 fully saturated rings. The molecule has 1 heterocycles. The van der Waals surface area contributed by atoms with Crippen molar-refractivity contribution in [1.82, 2.24) is 0 Å². The molecule has 1 saturated heterocycles. The number of aliphatic hydroxyl groups is 1. The van der Waals surface area contributed by atoms with E-state index in [1.54, 1.807) is 11.8 Å². The van der Waals surface area contributed by atoms with Crippen LogP contribution in [-0.4, -0.2) is 21.7 Å². The van der Waals surface area contributed by atoms with Gasteiger partial charge in [0, 0.05) is 11.0 Å². The summed E-state index contributed by atoms with van der Waals surface area (Å²) in [6.07, 6.45) is 5.86. The molecule has 9 heavy (non-hydrogen) atoms. The second kappa shape index (κ2) is 2.24. The molecule has 2 unspecified atom stereocenters. The van der Waals surface area contributed by atoms with E-state index in [1.165, 1.54) is 0 Å². The van der Waals surface area contributed by atoms with Crippen molar-refractivity contribution in [3.8, 4) is 12.3 Å². The van der Waals surface area contributed by atoms with E-state index in [1.807, 2.05) is 0 Å². The molecular weight excluding hydrogens is 132 g/mol. The molecule has 0 amide bonds. The van der Waals surface area contributed by atoms with Gasteiger partial charge in [-0.15, -0.1) is 6.42 Å². The number of hydrogen-bond acceptors (Lipinski definition) is 2. The van der Waals surface area contributed by atoms with E-state index in [4.69, 9.17) is 6.42 Å². The zero-order valence-corrected chi connectivity index (χ0v) is 6.24. The summed E-state index contributed by atoms with van der Waals surface area (Å²) in [6.45, 7) is 2.08. The highest BCUT2D eigenvalue weighted by atomic mass is 32.2. The molecule has 0 aromatic heterocycles. The fourth-order valence-corrected chi connectivity index (χ4v) is 2.13. The fraction of sp³-hybridized carbons (Fsp3) is 0.714. The van der Waals surface area contributed by atoms with Gasteiger partial charge in [0.1, 0.15) is 5.60 Å². The molecule has 0 bridgehead atoms. The van der Waals surface area contributed by atoms with E-state index >= 15 is 0 Å². The number of thioether (sulfide) groups is 1. The van der Waals surface area contributed by atoms with E-state index in [2.05, 4.69) is 12.8 Å². The van der Waals surface area contributed by atoms with Gasteiger partial charge < -0.3 is 5.11 Å². The van der Waals surface area contributed by atoms with Gasteiger partial charge in [0.15, 0.2) is 0 Å². The Labute approximate surface area is 59.8 Å². The van der Waals surface area contributed by atoms with Crippen molar-refractivity contribution in [3.05, 3.63) is 0 Å². The van der Waals surface area contributed by atoms with Crippen LogP contribution in [0.4, 0.5) is 0 Å². The molecule has 1 aliphatic rings. The second-order valence-corrected chi connectivity index (χ2v) is 3.93. The quantitative estimate of drug-likeness (QED) is 0.507. The summed E-state index contributed by atoms with van der Waals surface area (Å²) in [4.78, 5) is 0. The Morgan fingerprint density at radius 2 is 2.56 bits per heavy atom. The molecule has 1 N–H and O–H groups in total. The van der Waals surface area contributed by atoms with E-state index < -0.39 is 5.60 Å². The molecule has 1 aliphatic heterocycles. The molecule has 1 nitrogen and oxygen atoms in total. The third kappa shape index (κ3) is 1.41. The molecule has 1 rings (SSSR count). The van der Waals surface area contributed by atoms with Crippen LogP contribution >= 0.6 is 11.8 Å². The van der Waals surface area contributed by atoms with Crippen LogP contribution in [0, 0.1) is 12.3 Å². The van der Waals surface area contributed by atoms with Crippen molar-refractivity contribution in [3.63, 3.8) is 0 Å². The lowest BCUT2D eigenvalue weighted by Crippen LogP contribution is -2.25. The van der Waals surface area contributed by atoms with Crippen LogP contribution in [0.3, 0.4) is 0 Å². The Hall–Kier alpha value is -0.130. The lowest BCUT2D eigenvalue weighted by molar-refractivity contribution is 0.126. The normalized spacial score (nSPS) is 42.6. The Bertz CT molecular complexity index is 149. The highest BCUT2D eigenvalue weighted by molar-refractivity contribution is 8.00. The lowest BCUT2D eigenvalue weighted by atomic mass is 10.0. The topological polar surface area (TPSA) is 20.2 Å². The highest BCUT2D eigenvalue weighted by Gasteiger charge is 2.33. The van der Waals surface area contributed by atoms with Crippen LogP contribution < -0.4 is 0 Å². The van der Waals surface area contributed by atoms with Gasteiger partial charge in [-0.1, -0.05) is 12.8 Å². The molecule has 0 spiro atoms. The van der Waals surface area contributed by atoms with Gasteiger partial charge in [-0.25, -0.2) is 0 Å². The van der Waals surface area contributed by atoms with E-state index in [0.29, 0.717) is 11.0 Å². The molecule has 0 radical (unpaired) electrons. The van der Waals surface area contributed by atoms with Gasteiger partial charge in [-0.05, 0) is 6.42 Å². The van der Waals surface area contributed by atoms with E-state index in [9.17, 15) is 5.11 Å². The fourth-order valence-electron chi connectivity index (χ4n) is 0.974. The smallest absolute Gasteiger partial charge is 0.135 e. The molecule has 2 heteroatoms. The van der Waals surface area contributed by atoms with E-state index in [-0.39, 0.29) is 0 Å². The van der Waals surface area contributed by atoms with Gasteiger partial charge in [-0.3, -0.25) is 0 Å². The van der Waals surface area contributed by atoms with Gasteiger partial charge in [0.05, 0.1) is 0 Å². The predicted molar refractivity (Wildman–Crippen MR) is 40.3 cm³/mol. The first-order chi connectivity index (χ1) is 4.16. The van der Waals surface area contributed by atoms with Crippen molar-refractivity contribution in [2.75, 3.05) is 5.75 Å². The van der Waals surface area contributed by atoms with Crippen LogP contribution in [0.2, 0.25) is 0 Å². The summed E-state index contributed by atoms with van der Waals surface area (Å²) in [7, 11) is 0. The van der Waals surface area contributed by atoms with Crippen molar-refractivity contribution in [2.45, 2.75) is 24.2 Å². The maximum absolute atomic E-state index is 9.41. The first-order valence-corrected chi connectivity index (χ1v) is 4.03. The molecule has 0 aromatic carbocycles.